The van der Waals surface area contributed by atoms with Gasteiger partial charge in [0.05, 0.1) is 47.8 Å². The quantitative estimate of drug-likeness (QED) is 0.131. The van der Waals surface area contributed by atoms with E-state index in [0.717, 1.165) is 96.4 Å². The van der Waals surface area contributed by atoms with E-state index in [1.807, 2.05) is 173 Å². The van der Waals surface area contributed by atoms with Gasteiger partial charge in [0.25, 0.3) is 0 Å². The van der Waals surface area contributed by atoms with Gasteiger partial charge >= 0.3 is 0 Å². The van der Waals surface area contributed by atoms with E-state index in [-0.39, 0.29) is 9.79 Å². The molecule has 3 aromatic heterocycles. The maximum atomic E-state index is 12.7. The topological polar surface area (TPSA) is 188 Å². The van der Waals surface area contributed by atoms with Gasteiger partial charge in [0, 0.05) is 44.2 Å². The van der Waals surface area contributed by atoms with Gasteiger partial charge in [-0.1, -0.05) is 109 Å². The summed E-state index contributed by atoms with van der Waals surface area (Å²) in [6.45, 7) is 1.23. The van der Waals surface area contributed by atoms with Crippen molar-refractivity contribution in [1.82, 2.24) is 37.3 Å². The number of nitrogens with zero attached hydrogens (tertiary/aromatic N) is 8. The lowest BCUT2D eigenvalue weighted by atomic mass is 10.1. The third-order valence-electron chi connectivity index (χ3n) is 14.1. The lowest BCUT2D eigenvalue weighted by molar-refractivity contribution is 0.477. The molecule has 0 atom stereocenters. The van der Waals surface area contributed by atoms with Gasteiger partial charge in [-0.25, -0.2) is 49.6 Å². The highest BCUT2D eigenvalue weighted by atomic mass is 32.2. The number of benzene rings is 9. The summed E-state index contributed by atoms with van der Waals surface area (Å²) in [6.07, 6.45) is 7.32. The fraction of sp³-hybridized carbons (Fsp3) is 0.0952. The van der Waals surface area contributed by atoms with Gasteiger partial charge in [-0.05, 0) is 155 Å². The molecule has 15 nitrogen and oxygen atoms in total. The van der Waals surface area contributed by atoms with Crippen molar-refractivity contribution < 1.29 is 25.3 Å². The summed E-state index contributed by atoms with van der Waals surface area (Å²) >= 11 is 0. The molecule has 18 heteroatoms. The molecule has 0 saturated carbocycles. The van der Waals surface area contributed by atoms with E-state index in [2.05, 4.69) is 37.7 Å². The smallest absolute Gasteiger partial charge is 0.243 e. The van der Waals surface area contributed by atoms with Crippen LogP contribution in [0.3, 0.4) is 0 Å². The summed E-state index contributed by atoms with van der Waals surface area (Å²) < 4.78 is 81.5. The SMILES string of the molecule is CN(C)S(=O)(=O)c1ccc(-c2ccc3c(c2)ncn3-c2ccccc2)cc1.NS(=O)(=O)c1ccc(-c2ccc3c(c2)ncn3-c2ccccc2)cc1.O=S(=O)(c1ccc(-c2ccc3c(c2)ncn3-c2ccccc2)cc1)N1CCCC1. The minimum atomic E-state index is -3.68. The predicted molar refractivity (Wildman–Crippen MR) is 320 cm³/mol. The highest BCUT2D eigenvalue weighted by Crippen LogP contribution is 2.31. The Morgan fingerprint density at radius 2 is 0.691 bits per heavy atom. The minimum absolute atomic E-state index is 0.102. The van der Waals surface area contributed by atoms with Gasteiger partial charge in [0.15, 0.2) is 0 Å². The third kappa shape index (κ3) is 11.5. The Kier molecular flexibility index (Phi) is 15.2. The normalized spacial score (nSPS) is 13.0. The molecular formula is C63H55N9O6S3. The minimum Gasteiger partial charge on any atom is -0.299 e. The zero-order chi connectivity index (χ0) is 56.3. The third-order valence-corrected chi connectivity index (χ3v) is 18.8. The molecule has 0 radical (unpaired) electrons. The average Bonchev–Trinajstić information content (AvgIpc) is 4.47. The molecule has 12 aromatic rings. The highest BCUT2D eigenvalue weighted by molar-refractivity contribution is 7.89. The number of nitrogens with two attached hydrogens (primary N) is 1. The fourth-order valence-corrected chi connectivity index (χ4v) is 12.7. The van der Waals surface area contributed by atoms with Gasteiger partial charge in [-0.2, -0.15) is 4.31 Å². The maximum Gasteiger partial charge on any atom is 0.243 e. The van der Waals surface area contributed by atoms with Crippen molar-refractivity contribution >= 4 is 63.2 Å². The van der Waals surface area contributed by atoms with Crippen LogP contribution >= 0.6 is 0 Å². The first-order valence-corrected chi connectivity index (χ1v) is 30.4. The van der Waals surface area contributed by atoms with E-state index in [1.165, 1.54) is 30.5 Å². The zero-order valence-corrected chi connectivity index (χ0v) is 46.6. The van der Waals surface area contributed by atoms with Gasteiger partial charge < -0.3 is 0 Å². The predicted octanol–water partition coefficient (Wildman–Crippen LogP) is 11.8. The number of para-hydroxylation sites is 3. The van der Waals surface area contributed by atoms with Crippen molar-refractivity contribution in [2.24, 2.45) is 5.14 Å². The molecule has 0 spiro atoms. The Balaban J connectivity index is 0.000000128. The Morgan fingerprint density at radius 3 is 1.01 bits per heavy atom. The average molecular weight is 1130 g/mol. The number of aromatic nitrogens is 6. The molecule has 1 saturated heterocycles. The van der Waals surface area contributed by atoms with Crippen LogP contribution in [0.25, 0.3) is 83.5 Å². The number of fused-ring (bicyclic) bond motifs is 3. The second kappa shape index (κ2) is 22.7. The van der Waals surface area contributed by atoms with Crippen LogP contribution in [0.1, 0.15) is 12.8 Å². The van der Waals surface area contributed by atoms with Crippen molar-refractivity contribution in [2.45, 2.75) is 27.5 Å². The number of hydrogen-bond donors (Lipinski definition) is 1. The van der Waals surface area contributed by atoms with Crippen molar-refractivity contribution in [2.75, 3.05) is 27.2 Å². The Hall–Kier alpha value is -8.88. The van der Waals surface area contributed by atoms with E-state index in [0.29, 0.717) is 18.0 Å². The Morgan fingerprint density at radius 1 is 0.383 bits per heavy atom. The van der Waals surface area contributed by atoms with Crippen LogP contribution in [0.5, 0.6) is 0 Å². The van der Waals surface area contributed by atoms with Crippen LogP contribution in [0, 0.1) is 0 Å². The van der Waals surface area contributed by atoms with Crippen LogP contribution in [0.4, 0.5) is 0 Å². The first kappa shape index (κ1) is 54.1. The monoisotopic (exact) mass is 1130 g/mol. The molecule has 0 aliphatic carbocycles. The van der Waals surface area contributed by atoms with Crippen LogP contribution in [-0.2, 0) is 30.1 Å². The zero-order valence-electron chi connectivity index (χ0n) is 44.2. The summed E-state index contributed by atoms with van der Waals surface area (Å²) in [7, 11) is -7.43. The molecule has 1 aliphatic heterocycles. The summed E-state index contributed by atoms with van der Waals surface area (Å²) in [5, 5.41) is 5.14. The number of sulfonamides is 3. The summed E-state index contributed by atoms with van der Waals surface area (Å²) in [4.78, 5) is 14.3. The van der Waals surface area contributed by atoms with E-state index < -0.39 is 30.1 Å². The molecule has 1 aliphatic rings. The van der Waals surface area contributed by atoms with Gasteiger partial charge in [0.2, 0.25) is 30.1 Å². The van der Waals surface area contributed by atoms with Crippen molar-refractivity contribution in [3.05, 3.63) is 237 Å². The molecule has 13 rings (SSSR count). The lowest BCUT2D eigenvalue weighted by Crippen LogP contribution is -2.27. The van der Waals surface area contributed by atoms with Crippen molar-refractivity contribution in [3.63, 3.8) is 0 Å². The first-order valence-electron chi connectivity index (χ1n) is 26.0. The van der Waals surface area contributed by atoms with Gasteiger partial charge in [0.1, 0.15) is 19.0 Å². The van der Waals surface area contributed by atoms with E-state index in [4.69, 9.17) is 5.14 Å². The fourth-order valence-electron chi connectivity index (χ4n) is 9.72. The van der Waals surface area contributed by atoms with Gasteiger partial charge in [-0.15, -0.1) is 0 Å². The molecule has 81 heavy (non-hydrogen) atoms. The molecule has 9 aromatic carbocycles. The molecule has 4 heterocycles. The molecule has 0 amide bonds. The standard InChI is InChI=1S/C23H21N3O2S.C21H19N3O2S.C19H15N3O2S/c27-29(28,25-14-4-5-15-25)21-11-8-18(9-12-21)19-10-13-23-22(16-19)24-17-26(23)20-6-2-1-3-7-20;1-23(2)27(25,26)19-11-8-16(9-12-19)17-10-13-21-20(14-17)22-15-24(21)18-6-4-3-5-7-18;20-25(23,24)17-9-6-14(7-10-17)15-8-11-19-18(12-15)21-13-22(19)16-4-2-1-3-5-16/h1-3,6-13,16-17H,4-5,14-15H2;3-15H,1-2H3;1-13H,(H2,20,23,24). The van der Waals surface area contributed by atoms with E-state index in [9.17, 15) is 25.3 Å². The number of rotatable bonds is 11. The Labute approximate surface area is 470 Å². The van der Waals surface area contributed by atoms with E-state index in [1.54, 1.807) is 47.0 Å². The van der Waals surface area contributed by atoms with Crippen molar-refractivity contribution in [3.8, 4) is 50.4 Å². The maximum absolute atomic E-state index is 12.7. The van der Waals surface area contributed by atoms with Gasteiger partial charge in [-0.3, -0.25) is 13.7 Å². The summed E-state index contributed by atoms with van der Waals surface area (Å²) in [5.41, 5.74) is 14.7. The van der Waals surface area contributed by atoms with E-state index >= 15 is 0 Å². The molecule has 406 valence electrons. The highest BCUT2D eigenvalue weighted by Gasteiger charge is 2.27. The summed E-state index contributed by atoms with van der Waals surface area (Å²) in [5.74, 6) is 0. The van der Waals surface area contributed by atoms with Crippen LogP contribution in [-0.4, -0.2) is 89.7 Å². The number of hydrogen-bond acceptors (Lipinski definition) is 9. The first-order chi connectivity index (χ1) is 39.1. The van der Waals surface area contributed by atoms with Crippen LogP contribution in [0.2, 0.25) is 0 Å². The van der Waals surface area contributed by atoms with Crippen molar-refractivity contribution in [1.29, 1.82) is 0 Å². The second-order valence-corrected chi connectivity index (χ2v) is 25.1. The lowest BCUT2D eigenvalue weighted by Gasteiger charge is -2.15. The summed E-state index contributed by atoms with van der Waals surface area (Å²) in [6, 6.07) is 69.0. The number of imidazole rings is 3. The largest absolute Gasteiger partial charge is 0.299 e. The molecule has 0 unspecified atom stereocenters. The number of primary sulfonamides is 1. The van der Waals surface area contributed by atoms with Crippen LogP contribution in [0.15, 0.2) is 252 Å². The molecule has 0 bridgehead atoms. The second-order valence-electron chi connectivity index (χ2n) is 19.5. The van der Waals surface area contributed by atoms with Crippen LogP contribution < -0.4 is 5.14 Å². The Bertz CT molecular complexity index is 4530. The molecule has 1 fully saturated rings. The molecule has 2 N–H and O–H groups in total. The molecular weight excluding hydrogens is 1070 g/mol.